The second kappa shape index (κ2) is 6.29. The minimum atomic E-state index is -0.680. The van der Waals surface area contributed by atoms with Crippen LogP contribution < -0.4 is 5.73 Å². The van der Waals surface area contributed by atoms with Crippen molar-refractivity contribution in [1.82, 2.24) is 14.6 Å². The van der Waals surface area contributed by atoms with Crippen molar-refractivity contribution in [2.24, 2.45) is 5.73 Å². The average Bonchev–Trinajstić information content (AvgIpc) is 3.21. The maximum atomic E-state index is 12.0. The molecular weight excluding hydrogens is 366 g/mol. The first-order valence-electron chi connectivity index (χ1n) is 7.96. The molecule has 9 heteroatoms. The lowest BCUT2D eigenvalue weighted by Gasteiger charge is -2.01. The lowest BCUT2D eigenvalue weighted by atomic mass is 10.1. The van der Waals surface area contributed by atoms with Gasteiger partial charge in [-0.1, -0.05) is 18.2 Å². The number of benzene rings is 1. The van der Waals surface area contributed by atoms with Crippen LogP contribution in [0.5, 0.6) is 0 Å². The number of nitrogens with zero attached hydrogens (tertiary/aromatic N) is 4. The minimum absolute atomic E-state index is 0.131. The highest BCUT2D eigenvalue weighted by Crippen LogP contribution is 2.39. The number of para-hydroxylation sites is 1. The maximum Gasteiger partial charge on any atom is 0.278 e. The maximum absolute atomic E-state index is 12.0. The molecule has 2 N–H and O–H groups in total. The molecule has 0 atom stereocenters. The molecule has 3 heterocycles. The van der Waals surface area contributed by atoms with E-state index in [4.69, 9.17) is 5.73 Å². The van der Waals surface area contributed by atoms with Crippen molar-refractivity contribution in [2.75, 3.05) is 0 Å². The normalized spacial score (nSPS) is 11.0. The number of nitrogens with two attached hydrogens (primary N) is 1. The SMILES string of the molecule is Cc1nn2ccccc2c1-c1nc(-c2ccccc2[N+](=O)[O-])c(C(N)=O)s1. The van der Waals surface area contributed by atoms with Crippen LogP contribution in [0, 0.1) is 17.0 Å². The van der Waals surface area contributed by atoms with Gasteiger partial charge in [0.05, 0.1) is 27.3 Å². The van der Waals surface area contributed by atoms with E-state index in [0.29, 0.717) is 5.01 Å². The van der Waals surface area contributed by atoms with Crippen LogP contribution in [0.3, 0.4) is 0 Å². The number of thiazole rings is 1. The molecular formula is C18H13N5O3S. The van der Waals surface area contributed by atoms with Gasteiger partial charge in [-0.2, -0.15) is 5.10 Å². The summed E-state index contributed by atoms with van der Waals surface area (Å²) in [6.45, 7) is 1.85. The van der Waals surface area contributed by atoms with Crippen molar-refractivity contribution < 1.29 is 9.72 Å². The first-order chi connectivity index (χ1) is 13.0. The Hall–Kier alpha value is -3.59. The van der Waals surface area contributed by atoms with Gasteiger partial charge in [-0.15, -0.1) is 11.3 Å². The van der Waals surface area contributed by atoms with Gasteiger partial charge in [0.25, 0.3) is 11.6 Å². The first-order valence-corrected chi connectivity index (χ1v) is 8.77. The Morgan fingerprint density at radius 2 is 1.96 bits per heavy atom. The highest BCUT2D eigenvalue weighted by molar-refractivity contribution is 7.17. The van der Waals surface area contributed by atoms with Crippen LogP contribution >= 0.6 is 11.3 Å². The number of primary amides is 1. The van der Waals surface area contributed by atoms with Gasteiger partial charge in [0.15, 0.2) is 0 Å². The summed E-state index contributed by atoms with van der Waals surface area (Å²) in [6, 6.07) is 11.8. The topological polar surface area (TPSA) is 116 Å². The van der Waals surface area contributed by atoms with Crippen molar-refractivity contribution in [2.45, 2.75) is 6.92 Å². The number of pyridine rings is 1. The summed E-state index contributed by atoms with van der Waals surface area (Å²) in [4.78, 5) is 27.6. The van der Waals surface area contributed by atoms with Gasteiger partial charge < -0.3 is 5.73 Å². The zero-order chi connectivity index (χ0) is 19.1. The second-order valence-corrected chi connectivity index (χ2v) is 6.83. The Labute approximate surface area is 157 Å². The van der Waals surface area contributed by atoms with Crippen LogP contribution in [0.1, 0.15) is 15.4 Å². The van der Waals surface area contributed by atoms with E-state index in [0.717, 1.165) is 28.1 Å². The summed E-state index contributed by atoms with van der Waals surface area (Å²) in [5.41, 5.74) is 8.21. The van der Waals surface area contributed by atoms with E-state index >= 15 is 0 Å². The van der Waals surface area contributed by atoms with E-state index < -0.39 is 10.8 Å². The number of nitro benzene ring substituents is 1. The van der Waals surface area contributed by atoms with E-state index in [1.807, 2.05) is 31.3 Å². The van der Waals surface area contributed by atoms with Gasteiger partial charge in [0.2, 0.25) is 0 Å². The fourth-order valence-corrected chi connectivity index (χ4v) is 4.03. The van der Waals surface area contributed by atoms with E-state index in [9.17, 15) is 14.9 Å². The third-order valence-corrected chi connectivity index (χ3v) is 5.22. The standard InChI is InChI=1S/C18H13N5O3S/c1-10-14(13-8-4-5-9-22(13)21-10)18-20-15(16(27-18)17(19)24)11-6-2-3-7-12(11)23(25)26/h2-9H,1H3,(H2,19,24). The Kier molecular flexibility index (Phi) is 3.93. The molecule has 4 rings (SSSR count). The van der Waals surface area contributed by atoms with Gasteiger partial charge in [0.1, 0.15) is 15.6 Å². The molecule has 8 nitrogen and oxygen atoms in total. The molecule has 0 unspecified atom stereocenters. The molecule has 1 amide bonds. The van der Waals surface area contributed by atoms with Crippen molar-refractivity contribution in [1.29, 1.82) is 0 Å². The molecule has 0 radical (unpaired) electrons. The molecule has 0 bridgehead atoms. The lowest BCUT2D eigenvalue weighted by Crippen LogP contribution is -2.10. The predicted molar refractivity (Wildman–Crippen MR) is 102 cm³/mol. The summed E-state index contributed by atoms with van der Waals surface area (Å²) in [7, 11) is 0. The van der Waals surface area contributed by atoms with Crippen molar-refractivity contribution in [3.63, 3.8) is 0 Å². The molecule has 0 spiro atoms. The number of amides is 1. The molecule has 0 fully saturated rings. The summed E-state index contributed by atoms with van der Waals surface area (Å²) >= 11 is 1.11. The predicted octanol–water partition coefficient (Wildman–Crippen LogP) is 3.44. The Morgan fingerprint density at radius 1 is 1.22 bits per heavy atom. The summed E-state index contributed by atoms with van der Waals surface area (Å²) < 4.78 is 1.72. The number of fused-ring (bicyclic) bond motifs is 1. The Morgan fingerprint density at radius 3 is 2.70 bits per heavy atom. The molecule has 0 aliphatic carbocycles. The van der Waals surface area contributed by atoms with Crippen LogP contribution in [0.25, 0.3) is 27.3 Å². The highest BCUT2D eigenvalue weighted by atomic mass is 32.1. The largest absolute Gasteiger partial charge is 0.365 e. The molecule has 0 aliphatic heterocycles. The molecule has 0 aliphatic rings. The zero-order valence-corrected chi connectivity index (χ0v) is 14.9. The smallest absolute Gasteiger partial charge is 0.278 e. The van der Waals surface area contributed by atoms with Gasteiger partial charge in [-0.3, -0.25) is 14.9 Å². The number of carbonyl (C=O) groups is 1. The number of nitro groups is 1. The third-order valence-electron chi connectivity index (χ3n) is 4.14. The summed E-state index contributed by atoms with van der Waals surface area (Å²) in [6.07, 6.45) is 1.82. The van der Waals surface area contributed by atoms with E-state index in [1.54, 1.807) is 22.7 Å². The van der Waals surface area contributed by atoms with Gasteiger partial charge in [-0.05, 0) is 25.1 Å². The Bertz CT molecular complexity index is 1210. The minimum Gasteiger partial charge on any atom is -0.365 e. The fourth-order valence-electron chi connectivity index (χ4n) is 2.99. The molecule has 134 valence electrons. The molecule has 1 aromatic carbocycles. The van der Waals surface area contributed by atoms with Crippen molar-refractivity contribution >= 4 is 28.4 Å². The molecule has 0 saturated carbocycles. The van der Waals surface area contributed by atoms with Crippen LogP contribution in [-0.2, 0) is 0 Å². The molecule has 3 aromatic heterocycles. The molecule has 0 saturated heterocycles. The van der Waals surface area contributed by atoms with Gasteiger partial charge >= 0.3 is 0 Å². The van der Waals surface area contributed by atoms with Crippen LogP contribution in [-0.4, -0.2) is 25.4 Å². The number of aromatic nitrogens is 3. The average molecular weight is 379 g/mol. The van der Waals surface area contributed by atoms with Crippen LogP contribution in [0.2, 0.25) is 0 Å². The van der Waals surface area contributed by atoms with Gasteiger partial charge in [-0.25, -0.2) is 9.50 Å². The monoisotopic (exact) mass is 379 g/mol. The highest BCUT2D eigenvalue weighted by Gasteiger charge is 2.26. The van der Waals surface area contributed by atoms with Gasteiger partial charge in [0, 0.05) is 12.3 Å². The molecule has 4 aromatic rings. The number of rotatable bonds is 4. The number of hydrogen-bond acceptors (Lipinski definition) is 6. The zero-order valence-electron chi connectivity index (χ0n) is 14.1. The van der Waals surface area contributed by atoms with E-state index in [1.165, 1.54) is 6.07 Å². The summed E-state index contributed by atoms with van der Waals surface area (Å²) in [5.74, 6) is -0.680. The van der Waals surface area contributed by atoms with Crippen LogP contribution in [0.15, 0.2) is 48.7 Å². The molecule has 27 heavy (non-hydrogen) atoms. The number of hydrogen-bond donors (Lipinski definition) is 1. The number of aryl methyl sites for hydroxylation is 1. The number of carbonyl (C=O) groups excluding carboxylic acids is 1. The van der Waals surface area contributed by atoms with Crippen LogP contribution in [0.4, 0.5) is 5.69 Å². The lowest BCUT2D eigenvalue weighted by molar-refractivity contribution is -0.384. The second-order valence-electron chi connectivity index (χ2n) is 5.83. The Balaban J connectivity index is 1.99. The quantitative estimate of drug-likeness (QED) is 0.431. The fraction of sp³-hybridized carbons (Fsp3) is 0.0556. The third kappa shape index (κ3) is 2.74. The first kappa shape index (κ1) is 16.9. The van der Waals surface area contributed by atoms with E-state index in [2.05, 4.69) is 10.1 Å². The van der Waals surface area contributed by atoms with E-state index in [-0.39, 0.29) is 21.8 Å². The summed E-state index contributed by atoms with van der Waals surface area (Å²) in [5, 5.41) is 16.4. The van der Waals surface area contributed by atoms with Crippen molar-refractivity contribution in [3.8, 4) is 21.8 Å². The van der Waals surface area contributed by atoms with Crippen molar-refractivity contribution in [3.05, 3.63) is 69.3 Å².